The van der Waals surface area contributed by atoms with E-state index < -0.39 is 0 Å². The van der Waals surface area contributed by atoms with Gasteiger partial charge in [-0.2, -0.15) is 0 Å². The molecule has 0 spiro atoms. The third-order valence-electron chi connectivity index (χ3n) is 1.48. The fourth-order valence-corrected chi connectivity index (χ4v) is 1.20. The third kappa shape index (κ3) is 4.34. The smallest absolute Gasteiger partial charge is 0.196 e. The van der Waals surface area contributed by atoms with Gasteiger partial charge in [0.05, 0.1) is 6.42 Å². The second-order valence-corrected chi connectivity index (χ2v) is 3.70. The number of thioether (sulfide) groups is 1. The molecule has 0 saturated heterocycles. The summed E-state index contributed by atoms with van der Waals surface area (Å²) in [6, 6.07) is 0. The van der Waals surface area contributed by atoms with Gasteiger partial charge < -0.3 is 0 Å². The molecule has 0 N–H and O–H groups in total. The molecular formula is C9H14O2S. The van der Waals surface area contributed by atoms with Crippen LogP contribution in [0, 0.1) is 0 Å². The van der Waals surface area contributed by atoms with Gasteiger partial charge in [-0.1, -0.05) is 24.8 Å². The second kappa shape index (κ2) is 6.00. The predicted octanol–water partition coefficient (Wildman–Crippen LogP) is 2.19. The number of carbonyl (C=O) groups is 2. The first-order valence-corrected chi connectivity index (χ1v) is 4.92. The van der Waals surface area contributed by atoms with Gasteiger partial charge in [-0.15, -0.1) is 0 Å². The zero-order valence-electron chi connectivity index (χ0n) is 7.72. The highest BCUT2D eigenvalue weighted by Crippen LogP contribution is 2.07. The first-order chi connectivity index (χ1) is 5.61. The number of hydrogen-bond acceptors (Lipinski definition) is 3. The predicted molar refractivity (Wildman–Crippen MR) is 52.2 cm³/mol. The Kier molecular flexibility index (Phi) is 5.72. The lowest BCUT2D eigenvalue weighted by molar-refractivity contribution is -0.120. The van der Waals surface area contributed by atoms with Crippen molar-refractivity contribution in [2.24, 2.45) is 0 Å². The zero-order chi connectivity index (χ0) is 9.56. The number of Topliss-reactive ketones (excluding diaryl/α,β-unsaturated/α-hetero) is 1. The molecule has 0 amide bonds. The van der Waals surface area contributed by atoms with Gasteiger partial charge in [-0.25, -0.2) is 0 Å². The topological polar surface area (TPSA) is 34.1 Å². The van der Waals surface area contributed by atoms with Crippen LogP contribution >= 0.6 is 11.8 Å². The highest BCUT2D eigenvalue weighted by atomic mass is 32.2. The van der Waals surface area contributed by atoms with E-state index in [0.717, 1.165) is 5.75 Å². The number of carbonyl (C=O) groups excluding carboxylic acids is 2. The standard InChI is InChI=1S/C9H14O2S/c1-4-7(3)8(10)6-9(11)12-5-2/h4H,5-6H2,1-3H3/b7-4+. The molecule has 68 valence electrons. The van der Waals surface area contributed by atoms with Crippen molar-refractivity contribution in [2.75, 3.05) is 5.75 Å². The number of hydrogen-bond donors (Lipinski definition) is 0. The van der Waals surface area contributed by atoms with E-state index in [9.17, 15) is 9.59 Å². The van der Waals surface area contributed by atoms with Crippen molar-refractivity contribution in [3.05, 3.63) is 11.6 Å². The summed E-state index contributed by atoms with van der Waals surface area (Å²) in [5.74, 6) is 0.671. The van der Waals surface area contributed by atoms with Crippen molar-refractivity contribution in [2.45, 2.75) is 27.2 Å². The molecule has 0 aliphatic carbocycles. The molecule has 0 aromatic rings. The molecule has 0 radical (unpaired) electrons. The van der Waals surface area contributed by atoms with Gasteiger partial charge in [0, 0.05) is 0 Å². The third-order valence-corrected chi connectivity index (χ3v) is 2.24. The molecule has 3 heteroatoms. The van der Waals surface area contributed by atoms with Gasteiger partial charge in [0.25, 0.3) is 0 Å². The molecule has 0 heterocycles. The van der Waals surface area contributed by atoms with Gasteiger partial charge >= 0.3 is 0 Å². The number of ketones is 1. The number of allylic oxidation sites excluding steroid dienone is 2. The van der Waals surface area contributed by atoms with Gasteiger partial charge in [-0.3, -0.25) is 9.59 Å². The normalized spacial score (nSPS) is 11.4. The summed E-state index contributed by atoms with van der Waals surface area (Å²) in [6.45, 7) is 5.42. The van der Waals surface area contributed by atoms with E-state index in [2.05, 4.69) is 0 Å². The van der Waals surface area contributed by atoms with Crippen molar-refractivity contribution in [1.29, 1.82) is 0 Å². The van der Waals surface area contributed by atoms with Crippen LogP contribution in [0.15, 0.2) is 11.6 Å². The van der Waals surface area contributed by atoms with Crippen LogP contribution in [-0.4, -0.2) is 16.7 Å². The maximum atomic E-state index is 11.2. The van der Waals surface area contributed by atoms with Crippen LogP contribution in [0.25, 0.3) is 0 Å². The first kappa shape index (κ1) is 11.4. The molecule has 0 fully saturated rings. The molecule has 0 aromatic heterocycles. The van der Waals surface area contributed by atoms with E-state index in [-0.39, 0.29) is 17.3 Å². The average molecular weight is 186 g/mol. The van der Waals surface area contributed by atoms with Gasteiger partial charge in [-0.05, 0) is 25.2 Å². The van der Waals surface area contributed by atoms with E-state index in [0.29, 0.717) is 5.57 Å². The minimum atomic E-state index is -0.0662. The van der Waals surface area contributed by atoms with Crippen molar-refractivity contribution < 1.29 is 9.59 Å². The van der Waals surface area contributed by atoms with E-state index in [1.54, 1.807) is 19.9 Å². The van der Waals surface area contributed by atoms with Crippen molar-refractivity contribution >= 4 is 22.7 Å². The highest BCUT2D eigenvalue weighted by molar-refractivity contribution is 8.13. The summed E-state index contributed by atoms with van der Waals surface area (Å²) >= 11 is 1.20. The van der Waals surface area contributed by atoms with Crippen LogP contribution in [0.5, 0.6) is 0 Å². The Morgan fingerprint density at radius 1 is 1.42 bits per heavy atom. The quantitative estimate of drug-likeness (QED) is 0.498. The van der Waals surface area contributed by atoms with Crippen LogP contribution in [0.1, 0.15) is 27.2 Å². The monoisotopic (exact) mass is 186 g/mol. The van der Waals surface area contributed by atoms with E-state index in [1.807, 2.05) is 6.92 Å². The maximum Gasteiger partial charge on any atom is 0.196 e. The highest BCUT2D eigenvalue weighted by Gasteiger charge is 2.09. The van der Waals surface area contributed by atoms with Crippen molar-refractivity contribution in [1.82, 2.24) is 0 Å². The summed E-state index contributed by atoms with van der Waals surface area (Å²) in [4.78, 5) is 22.1. The minimum absolute atomic E-state index is 0.0364. The fourth-order valence-electron chi connectivity index (χ4n) is 0.644. The Hall–Kier alpha value is -0.570. The lowest BCUT2D eigenvalue weighted by Crippen LogP contribution is -2.05. The molecule has 0 aliphatic heterocycles. The fraction of sp³-hybridized carbons (Fsp3) is 0.556. The number of rotatable bonds is 4. The van der Waals surface area contributed by atoms with Crippen LogP contribution in [0.4, 0.5) is 0 Å². The van der Waals surface area contributed by atoms with Crippen LogP contribution < -0.4 is 0 Å². The Balaban J connectivity index is 3.93. The molecule has 0 saturated carbocycles. The Morgan fingerprint density at radius 2 is 2.00 bits per heavy atom. The molecule has 0 atom stereocenters. The summed E-state index contributed by atoms with van der Waals surface area (Å²) in [5.41, 5.74) is 0.667. The second-order valence-electron chi connectivity index (χ2n) is 2.38. The van der Waals surface area contributed by atoms with Crippen molar-refractivity contribution in [3.63, 3.8) is 0 Å². The molecule has 0 aliphatic rings. The zero-order valence-corrected chi connectivity index (χ0v) is 8.53. The molecule has 0 aromatic carbocycles. The van der Waals surface area contributed by atoms with E-state index in [1.165, 1.54) is 11.8 Å². The SMILES string of the molecule is C/C=C(\C)C(=O)CC(=O)SCC. The van der Waals surface area contributed by atoms with Crippen LogP contribution in [-0.2, 0) is 9.59 Å². The van der Waals surface area contributed by atoms with Gasteiger partial charge in [0.1, 0.15) is 0 Å². The van der Waals surface area contributed by atoms with Crippen LogP contribution in [0.3, 0.4) is 0 Å². The summed E-state index contributed by atoms with van der Waals surface area (Å²) in [5, 5.41) is -0.0382. The van der Waals surface area contributed by atoms with Gasteiger partial charge in [0.2, 0.25) is 0 Å². The first-order valence-electron chi connectivity index (χ1n) is 3.93. The largest absolute Gasteiger partial charge is 0.294 e. The van der Waals surface area contributed by atoms with E-state index in [4.69, 9.17) is 0 Å². The Bertz CT molecular complexity index is 207. The maximum absolute atomic E-state index is 11.2. The summed E-state index contributed by atoms with van der Waals surface area (Å²) < 4.78 is 0. The average Bonchev–Trinajstić information content (AvgIpc) is 2.03. The Labute approximate surface area is 77.4 Å². The molecule has 0 rings (SSSR count). The lowest BCUT2D eigenvalue weighted by atomic mass is 10.1. The minimum Gasteiger partial charge on any atom is -0.294 e. The van der Waals surface area contributed by atoms with Gasteiger partial charge in [0.15, 0.2) is 10.9 Å². The molecule has 0 unspecified atom stereocenters. The lowest BCUT2D eigenvalue weighted by Gasteiger charge is -1.97. The summed E-state index contributed by atoms with van der Waals surface area (Å²) in [6.07, 6.45) is 1.76. The summed E-state index contributed by atoms with van der Waals surface area (Å²) in [7, 11) is 0. The molecule has 12 heavy (non-hydrogen) atoms. The van der Waals surface area contributed by atoms with E-state index >= 15 is 0 Å². The molecule has 2 nitrogen and oxygen atoms in total. The van der Waals surface area contributed by atoms with Crippen LogP contribution in [0.2, 0.25) is 0 Å². The van der Waals surface area contributed by atoms with Crippen molar-refractivity contribution in [3.8, 4) is 0 Å². The molecular weight excluding hydrogens is 172 g/mol. The Morgan fingerprint density at radius 3 is 2.42 bits per heavy atom. The molecule has 0 bridgehead atoms.